The molecule has 2 aromatic carbocycles. The number of rotatable bonds is 5. The first-order valence-corrected chi connectivity index (χ1v) is 11.4. The molecule has 0 saturated carbocycles. The molecule has 1 N–H and O–H groups in total. The van der Waals surface area contributed by atoms with E-state index in [9.17, 15) is 19.6 Å². The monoisotopic (exact) mass is 473 g/mol. The van der Waals surface area contributed by atoms with Crippen LogP contribution in [0.15, 0.2) is 42.5 Å². The van der Waals surface area contributed by atoms with E-state index in [1.165, 1.54) is 17.4 Å². The molecule has 0 spiro atoms. The summed E-state index contributed by atoms with van der Waals surface area (Å²) < 4.78 is 10.8. The molecule has 0 radical (unpaired) electrons. The molecule has 3 heterocycles. The second kappa shape index (κ2) is 8.65. The summed E-state index contributed by atoms with van der Waals surface area (Å²) in [6.45, 7) is 2.06. The number of nitrogens with one attached hydrogen (secondary N) is 1. The number of ether oxygens (including phenoxy) is 2. The van der Waals surface area contributed by atoms with E-state index in [4.69, 9.17) is 9.47 Å². The Morgan fingerprint density at radius 1 is 1.12 bits per heavy atom. The van der Waals surface area contributed by atoms with Crippen LogP contribution in [0.4, 0.5) is 10.7 Å². The van der Waals surface area contributed by atoms with Crippen LogP contribution in [0, 0.1) is 18.3 Å². The van der Waals surface area contributed by atoms with Crippen molar-refractivity contribution in [1.82, 2.24) is 0 Å². The van der Waals surface area contributed by atoms with Gasteiger partial charge in [-0.25, -0.2) is 0 Å². The van der Waals surface area contributed by atoms with Gasteiger partial charge < -0.3 is 14.8 Å². The average Bonchev–Trinajstić information content (AvgIpc) is 3.51. The minimum absolute atomic E-state index is 0.168. The molecule has 0 atom stereocenters. The summed E-state index contributed by atoms with van der Waals surface area (Å²) >= 11 is 1.35. The van der Waals surface area contributed by atoms with Gasteiger partial charge in [0.2, 0.25) is 18.6 Å². The first kappa shape index (κ1) is 21.7. The first-order chi connectivity index (χ1) is 16.4. The van der Waals surface area contributed by atoms with Crippen LogP contribution in [-0.2, 0) is 16.0 Å². The standard InChI is InChI=1S/C25H19N3O5S/c1-14-18(12-26)25(34-21(14)10-15-5-6-19-20(9-15)33-13-32-19)27-24(31)16-3-2-4-17(11-16)28-22(29)7-8-23(28)30/h2-6,9,11H,7-8,10,13H2,1H3,(H,27,31). The van der Waals surface area contributed by atoms with E-state index < -0.39 is 5.91 Å². The Kier molecular flexibility index (Phi) is 5.51. The third-order valence-corrected chi connectivity index (χ3v) is 7.01. The summed E-state index contributed by atoms with van der Waals surface area (Å²) in [4.78, 5) is 39.1. The van der Waals surface area contributed by atoms with Crippen molar-refractivity contribution in [3.05, 3.63) is 69.6 Å². The molecule has 3 amide bonds. The zero-order valence-corrected chi connectivity index (χ0v) is 19.0. The van der Waals surface area contributed by atoms with Crippen LogP contribution < -0.4 is 19.7 Å². The number of hydrogen-bond donors (Lipinski definition) is 1. The van der Waals surface area contributed by atoms with Crippen molar-refractivity contribution < 1.29 is 23.9 Å². The molecular formula is C25H19N3O5S. The van der Waals surface area contributed by atoms with Gasteiger partial charge in [-0.05, 0) is 48.4 Å². The van der Waals surface area contributed by atoms with Crippen molar-refractivity contribution in [3.63, 3.8) is 0 Å². The number of nitrogens with zero attached hydrogens (tertiary/aromatic N) is 2. The van der Waals surface area contributed by atoms with Crippen molar-refractivity contribution in [1.29, 1.82) is 5.26 Å². The molecule has 2 aliphatic rings. The summed E-state index contributed by atoms with van der Waals surface area (Å²) in [5.41, 5.74) is 2.88. The lowest BCUT2D eigenvalue weighted by Gasteiger charge is -2.14. The lowest BCUT2D eigenvalue weighted by Crippen LogP contribution is -2.28. The zero-order chi connectivity index (χ0) is 23.8. The molecule has 9 heteroatoms. The fraction of sp³-hybridized carbons (Fsp3) is 0.200. The first-order valence-electron chi connectivity index (χ1n) is 10.6. The number of nitriles is 1. The van der Waals surface area contributed by atoms with Crippen LogP contribution >= 0.6 is 11.3 Å². The Hall–Kier alpha value is -4.16. The van der Waals surface area contributed by atoms with Crippen molar-refractivity contribution >= 4 is 39.7 Å². The van der Waals surface area contributed by atoms with Crippen LogP contribution in [0.3, 0.4) is 0 Å². The minimum Gasteiger partial charge on any atom is -0.454 e. The van der Waals surface area contributed by atoms with E-state index in [1.807, 2.05) is 25.1 Å². The number of amides is 3. The highest BCUT2D eigenvalue weighted by molar-refractivity contribution is 7.16. The lowest BCUT2D eigenvalue weighted by atomic mass is 10.1. The van der Waals surface area contributed by atoms with Crippen molar-refractivity contribution in [2.45, 2.75) is 26.2 Å². The molecular weight excluding hydrogens is 454 g/mol. The molecule has 0 aliphatic carbocycles. The van der Waals surface area contributed by atoms with Crippen LogP contribution in [0.5, 0.6) is 11.5 Å². The zero-order valence-electron chi connectivity index (χ0n) is 18.2. The van der Waals surface area contributed by atoms with E-state index >= 15 is 0 Å². The van der Waals surface area contributed by atoms with Gasteiger partial charge in [-0.1, -0.05) is 12.1 Å². The smallest absolute Gasteiger partial charge is 0.256 e. The lowest BCUT2D eigenvalue weighted by molar-refractivity contribution is -0.121. The highest BCUT2D eigenvalue weighted by Gasteiger charge is 2.30. The molecule has 2 aliphatic heterocycles. The fourth-order valence-corrected chi connectivity index (χ4v) is 5.20. The minimum atomic E-state index is -0.423. The maximum absolute atomic E-state index is 13.0. The van der Waals surface area contributed by atoms with Gasteiger partial charge in [0.25, 0.3) is 5.91 Å². The molecule has 1 fully saturated rings. The largest absolute Gasteiger partial charge is 0.454 e. The topological polar surface area (TPSA) is 109 Å². The van der Waals surface area contributed by atoms with Gasteiger partial charge in [0, 0.05) is 29.7 Å². The molecule has 34 heavy (non-hydrogen) atoms. The second-order valence-corrected chi connectivity index (χ2v) is 9.06. The van der Waals surface area contributed by atoms with E-state index in [1.54, 1.807) is 18.2 Å². The third-order valence-electron chi connectivity index (χ3n) is 5.80. The van der Waals surface area contributed by atoms with Crippen LogP contribution in [0.2, 0.25) is 0 Å². The van der Waals surface area contributed by atoms with E-state index in [-0.39, 0.29) is 37.0 Å². The maximum atomic E-state index is 13.0. The Morgan fingerprint density at radius 2 is 1.88 bits per heavy atom. The van der Waals surface area contributed by atoms with E-state index in [0.717, 1.165) is 20.9 Å². The predicted octanol–water partition coefficient (Wildman–Crippen LogP) is 4.15. The van der Waals surface area contributed by atoms with Crippen LogP contribution in [-0.4, -0.2) is 24.5 Å². The third kappa shape index (κ3) is 3.89. The molecule has 3 aromatic rings. The quantitative estimate of drug-likeness (QED) is 0.558. The normalized spacial score (nSPS) is 14.4. The summed E-state index contributed by atoms with van der Waals surface area (Å²) in [5.74, 6) is 0.411. The fourth-order valence-electron chi connectivity index (χ4n) is 4.01. The summed E-state index contributed by atoms with van der Waals surface area (Å²) in [6.07, 6.45) is 0.912. The van der Waals surface area contributed by atoms with Gasteiger partial charge in [0.05, 0.1) is 11.3 Å². The molecule has 0 bridgehead atoms. The van der Waals surface area contributed by atoms with Crippen molar-refractivity contribution in [3.8, 4) is 17.6 Å². The van der Waals surface area contributed by atoms with Crippen LogP contribution in [0.1, 0.15) is 44.8 Å². The Bertz CT molecular complexity index is 1370. The molecule has 5 rings (SSSR count). The number of carbonyl (C=O) groups is 3. The number of hydrogen-bond acceptors (Lipinski definition) is 7. The summed E-state index contributed by atoms with van der Waals surface area (Å²) in [6, 6.07) is 14.3. The highest BCUT2D eigenvalue weighted by atomic mass is 32.1. The Labute approximate surface area is 199 Å². The van der Waals surface area contributed by atoms with E-state index in [0.29, 0.717) is 34.2 Å². The summed E-state index contributed by atoms with van der Waals surface area (Å²) in [5, 5.41) is 13.0. The Balaban J connectivity index is 1.38. The molecule has 1 aromatic heterocycles. The predicted molar refractivity (Wildman–Crippen MR) is 125 cm³/mol. The second-order valence-electron chi connectivity index (χ2n) is 7.96. The van der Waals surface area contributed by atoms with Gasteiger partial charge in [-0.2, -0.15) is 5.26 Å². The number of fused-ring (bicyclic) bond motifs is 1. The van der Waals surface area contributed by atoms with Gasteiger partial charge in [-0.15, -0.1) is 11.3 Å². The van der Waals surface area contributed by atoms with Gasteiger partial charge >= 0.3 is 0 Å². The molecule has 1 saturated heterocycles. The number of benzene rings is 2. The molecule has 170 valence electrons. The SMILES string of the molecule is Cc1c(Cc2ccc3c(c2)OCO3)sc(NC(=O)c2cccc(N3C(=O)CCC3=O)c2)c1C#N. The van der Waals surface area contributed by atoms with Crippen molar-refractivity contribution in [2.75, 3.05) is 17.0 Å². The van der Waals surface area contributed by atoms with E-state index in [2.05, 4.69) is 11.4 Å². The van der Waals surface area contributed by atoms with Gasteiger partial charge in [0.1, 0.15) is 11.1 Å². The van der Waals surface area contributed by atoms with Crippen LogP contribution in [0.25, 0.3) is 0 Å². The number of carbonyl (C=O) groups excluding carboxylic acids is 3. The summed E-state index contributed by atoms with van der Waals surface area (Å²) in [7, 11) is 0. The average molecular weight is 474 g/mol. The highest BCUT2D eigenvalue weighted by Crippen LogP contribution is 2.37. The molecule has 0 unspecified atom stereocenters. The number of thiophene rings is 1. The van der Waals surface area contributed by atoms with Crippen molar-refractivity contribution in [2.24, 2.45) is 0 Å². The molecule has 8 nitrogen and oxygen atoms in total. The van der Waals surface area contributed by atoms with Gasteiger partial charge in [0.15, 0.2) is 11.5 Å². The van der Waals surface area contributed by atoms with Gasteiger partial charge in [-0.3, -0.25) is 19.3 Å². The maximum Gasteiger partial charge on any atom is 0.256 e. The number of imide groups is 1. The number of anilines is 2. The Morgan fingerprint density at radius 3 is 2.65 bits per heavy atom.